The lowest BCUT2D eigenvalue weighted by Gasteiger charge is -2.49. The number of benzene rings is 3. The van der Waals surface area contributed by atoms with Gasteiger partial charge in [-0.3, -0.25) is 9.69 Å². The van der Waals surface area contributed by atoms with E-state index in [4.69, 9.17) is 9.47 Å². The molecule has 0 saturated heterocycles. The van der Waals surface area contributed by atoms with Crippen LogP contribution in [-0.2, 0) is 44.2 Å². The Morgan fingerprint density at radius 2 is 1.61 bits per heavy atom. The minimum Gasteiger partial charge on any atom is -0.468 e. The van der Waals surface area contributed by atoms with Crippen molar-refractivity contribution in [2.24, 2.45) is 13.0 Å². The summed E-state index contributed by atoms with van der Waals surface area (Å²) in [5.74, 6) is -1.80. The van der Waals surface area contributed by atoms with Gasteiger partial charge < -0.3 is 14.0 Å². The lowest BCUT2D eigenvalue weighted by atomic mass is 9.71. The fourth-order valence-corrected chi connectivity index (χ4v) is 8.56. The highest BCUT2D eigenvalue weighted by atomic mass is 32.2. The molecule has 0 N–H and O–H groups in total. The van der Waals surface area contributed by atoms with Gasteiger partial charge in [0.2, 0.25) is 0 Å². The SMILES string of the molecule is COC(=O)[C@@]1(S(=O)(=O)c2ccccc2)Cc2c(c3ccccc3n2C)[C@@H]2[C@H]1C=CCN2C(=O)OCc1ccccc1. The molecule has 0 unspecified atom stereocenters. The number of ether oxygens (including phenoxy) is 2. The number of esters is 1. The van der Waals surface area contributed by atoms with Crippen LogP contribution in [0.3, 0.4) is 0 Å². The third kappa shape index (κ3) is 4.06. The second-order valence-electron chi connectivity index (χ2n) is 10.4. The first-order chi connectivity index (χ1) is 19.8. The highest BCUT2D eigenvalue weighted by Crippen LogP contribution is 2.54. The number of aromatic nitrogens is 1. The molecule has 0 saturated carbocycles. The number of aryl methyl sites for hydroxylation is 1. The predicted octanol–water partition coefficient (Wildman–Crippen LogP) is 4.99. The number of fused-ring (bicyclic) bond motifs is 5. The molecule has 3 aromatic carbocycles. The van der Waals surface area contributed by atoms with Crippen LogP contribution in [0.25, 0.3) is 10.9 Å². The lowest BCUT2D eigenvalue weighted by molar-refractivity contribution is -0.146. The quantitative estimate of drug-likeness (QED) is 0.248. The van der Waals surface area contributed by atoms with Crippen LogP contribution in [0.15, 0.2) is 102 Å². The van der Waals surface area contributed by atoms with E-state index in [0.717, 1.165) is 22.0 Å². The molecule has 0 fully saturated rings. The topological polar surface area (TPSA) is 94.9 Å². The molecule has 0 radical (unpaired) electrons. The number of carbonyl (C=O) groups is 2. The van der Waals surface area contributed by atoms with Crippen molar-refractivity contribution >= 4 is 32.8 Å². The molecule has 0 spiro atoms. The van der Waals surface area contributed by atoms with Gasteiger partial charge in [-0.15, -0.1) is 0 Å². The lowest BCUT2D eigenvalue weighted by Crippen LogP contribution is -2.61. The standard InChI is InChI=1S/C32H30N2O6S/c1-33-26-18-10-9-16-24(26)28-27(33)20-32(30(35)39-2,41(37,38)23-14-7-4-8-15-23)25-17-11-19-34(29(25)28)31(36)40-21-22-12-5-3-6-13-22/h3-18,25,29H,19-21H2,1-2H3/t25-,29+,32-/m1/s1. The van der Waals surface area contributed by atoms with E-state index < -0.39 is 38.6 Å². The number of para-hydroxylation sites is 1. The number of hydrogen-bond donors (Lipinski definition) is 0. The molecule has 41 heavy (non-hydrogen) atoms. The largest absolute Gasteiger partial charge is 0.468 e. The molecule has 1 aliphatic heterocycles. The van der Waals surface area contributed by atoms with E-state index in [1.807, 2.05) is 66.2 Å². The molecule has 210 valence electrons. The van der Waals surface area contributed by atoms with Gasteiger partial charge in [-0.05, 0) is 23.8 Å². The molecule has 6 rings (SSSR count). The number of methoxy groups -OCH3 is 1. The predicted molar refractivity (Wildman–Crippen MR) is 154 cm³/mol. The van der Waals surface area contributed by atoms with Crippen LogP contribution in [0.5, 0.6) is 0 Å². The Balaban J connectivity index is 1.57. The van der Waals surface area contributed by atoms with Gasteiger partial charge in [0.05, 0.1) is 18.0 Å². The van der Waals surface area contributed by atoms with E-state index in [1.165, 1.54) is 24.1 Å². The van der Waals surface area contributed by atoms with Crippen LogP contribution in [0, 0.1) is 5.92 Å². The Kier molecular flexibility index (Phi) is 6.69. The zero-order valence-corrected chi connectivity index (χ0v) is 23.6. The molecule has 0 bridgehead atoms. The average molecular weight is 571 g/mol. The minimum absolute atomic E-state index is 0.0172. The highest BCUT2D eigenvalue weighted by molar-refractivity contribution is 7.93. The van der Waals surface area contributed by atoms with E-state index in [-0.39, 0.29) is 24.5 Å². The summed E-state index contributed by atoms with van der Waals surface area (Å²) < 4.78 is 40.2. The van der Waals surface area contributed by atoms with Crippen molar-refractivity contribution in [3.05, 3.63) is 114 Å². The van der Waals surface area contributed by atoms with Crippen molar-refractivity contribution in [3.63, 3.8) is 0 Å². The third-order valence-corrected chi connectivity index (χ3v) is 10.8. The number of nitrogens with zero attached hydrogens (tertiary/aromatic N) is 2. The minimum atomic E-state index is -4.32. The monoisotopic (exact) mass is 570 g/mol. The van der Waals surface area contributed by atoms with Gasteiger partial charge in [0.15, 0.2) is 14.6 Å². The Labute approximate surface area is 238 Å². The molecule has 2 aliphatic rings. The van der Waals surface area contributed by atoms with Gasteiger partial charge in [0.25, 0.3) is 0 Å². The summed E-state index contributed by atoms with van der Waals surface area (Å²) >= 11 is 0. The summed E-state index contributed by atoms with van der Waals surface area (Å²) in [6.07, 6.45) is 2.79. The Hall–Kier alpha value is -4.37. The van der Waals surface area contributed by atoms with Crippen LogP contribution in [-0.4, -0.2) is 48.3 Å². The number of hydrogen-bond acceptors (Lipinski definition) is 6. The average Bonchev–Trinajstić information content (AvgIpc) is 3.30. The summed E-state index contributed by atoms with van der Waals surface area (Å²) in [4.78, 5) is 29.2. The number of amides is 1. The van der Waals surface area contributed by atoms with Crippen molar-refractivity contribution < 1.29 is 27.5 Å². The first-order valence-corrected chi connectivity index (χ1v) is 14.9. The van der Waals surface area contributed by atoms with Crippen molar-refractivity contribution in [3.8, 4) is 0 Å². The van der Waals surface area contributed by atoms with Gasteiger partial charge in [0, 0.05) is 48.1 Å². The van der Waals surface area contributed by atoms with Gasteiger partial charge in [0.1, 0.15) is 6.61 Å². The van der Waals surface area contributed by atoms with Crippen molar-refractivity contribution in [1.29, 1.82) is 0 Å². The van der Waals surface area contributed by atoms with Crippen molar-refractivity contribution in [2.45, 2.75) is 28.7 Å². The molecule has 3 atom stereocenters. The Bertz CT molecular complexity index is 1760. The maximum Gasteiger partial charge on any atom is 0.410 e. The van der Waals surface area contributed by atoms with E-state index in [1.54, 1.807) is 30.4 Å². The summed E-state index contributed by atoms with van der Waals surface area (Å²) in [5, 5.41) is 0.895. The van der Waals surface area contributed by atoms with E-state index >= 15 is 0 Å². The smallest absolute Gasteiger partial charge is 0.410 e. The third-order valence-electron chi connectivity index (χ3n) is 8.36. The van der Waals surface area contributed by atoms with Crippen LogP contribution in [0.2, 0.25) is 0 Å². The maximum absolute atomic E-state index is 14.6. The molecule has 8 nitrogen and oxygen atoms in total. The second kappa shape index (κ2) is 10.2. The van der Waals surface area contributed by atoms with Gasteiger partial charge in [-0.2, -0.15) is 0 Å². The fourth-order valence-electron chi connectivity index (χ4n) is 6.43. The van der Waals surface area contributed by atoms with Crippen LogP contribution < -0.4 is 0 Å². The Morgan fingerprint density at radius 1 is 0.951 bits per heavy atom. The van der Waals surface area contributed by atoms with Crippen LogP contribution in [0.4, 0.5) is 4.79 Å². The van der Waals surface area contributed by atoms with Gasteiger partial charge >= 0.3 is 12.1 Å². The first-order valence-electron chi connectivity index (χ1n) is 13.4. The summed E-state index contributed by atoms with van der Waals surface area (Å²) in [6.45, 7) is 0.254. The molecular formula is C32H30N2O6S. The molecule has 2 heterocycles. The number of carbonyl (C=O) groups excluding carboxylic acids is 2. The van der Waals surface area contributed by atoms with E-state index in [9.17, 15) is 18.0 Å². The molecule has 1 amide bonds. The zero-order chi connectivity index (χ0) is 28.8. The van der Waals surface area contributed by atoms with E-state index in [0.29, 0.717) is 5.69 Å². The van der Waals surface area contributed by atoms with Crippen LogP contribution in [0.1, 0.15) is 22.9 Å². The molecule has 9 heteroatoms. The Morgan fingerprint density at radius 3 is 2.32 bits per heavy atom. The van der Waals surface area contributed by atoms with E-state index in [2.05, 4.69) is 0 Å². The van der Waals surface area contributed by atoms with Crippen molar-refractivity contribution in [1.82, 2.24) is 9.47 Å². The molecule has 4 aromatic rings. The van der Waals surface area contributed by atoms with Gasteiger partial charge in [-0.1, -0.05) is 78.9 Å². The van der Waals surface area contributed by atoms with Crippen molar-refractivity contribution in [2.75, 3.05) is 13.7 Å². The normalized spacial score (nSPS) is 21.7. The maximum atomic E-state index is 14.6. The van der Waals surface area contributed by atoms with Crippen LogP contribution >= 0.6 is 0 Å². The summed E-state index contributed by atoms with van der Waals surface area (Å²) in [5.41, 5.74) is 3.18. The first kappa shape index (κ1) is 26.8. The zero-order valence-electron chi connectivity index (χ0n) is 22.8. The summed E-state index contributed by atoms with van der Waals surface area (Å²) in [7, 11) is -1.26. The highest BCUT2D eigenvalue weighted by Gasteiger charge is 2.64. The molecule has 1 aromatic heterocycles. The van der Waals surface area contributed by atoms with Gasteiger partial charge in [-0.25, -0.2) is 13.2 Å². The molecule has 1 aliphatic carbocycles. The number of rotatable bonds is 5. The second-order valence-corrected chi connectivity index (χ2v) is 12.6. The molecular weight excluding hydrogens is 540 g/mol. The fraction of sp³-hybridized carbons (Fsp3) is 0.250. The summed E-state index contributed by atoms with van der Waals surface area (Å²) in [6, 6.07) is 24.3. The number of sulfone groups is 1.